The van der Waals surface area contributed by atoms with Crippen molar-refractivity contribution in [2.75, 3.05) is 0 Å². The molecule has 5 aromatic rings. The second-order valence-corrected chi connectivity index (χ2v) is 20.5. The molecule has 0 saturated heterocycles. The molecule has 4 saturated carbocycles. The van der Waals surface area contributed by atoms with Crippen molar-refractivity contribution in [3.63, 3.8) is 0 Å². The number of rotatable bonds is 4. The van der Waals surface area contributed by atoms with Crippen molar-refractivity contribution in [3.8, 4) is 11.1 Å². The maximum Gasteiger partial charge on any atom is -0.0253 e. The van der Waals surface area contributed by atoms with Crippen LogP contribution in [0.3, 0.4) is 0 Å². The molecule has 0 heterocycles. The summed E-state index contributed by atoms with van der Waals surface area (Å²) < 4.78 is 1.42. The number of hydrogen-bond acceptors (Lipinski definition) is 0. The van der Waals surface area contributed by atoms with Gasteiger partial charge in [-0.3, -0.25) is 0 Å². The first kappa shape index (κ1) is 43.7. The molecule has 0 N–H and O–H groups in total. The van der Waals surface area contributed by atoms with Crippen LogP contribution in [0.1, 0.15) is 130 Å². The summed E-state index contributed by atoms with van der Waals surface area (Å²) in [5.74, 6) is 3.27. The summed E-state index contributed by atoms with van der Waals surface area (Å²) in [6.45, 7) is 18.1. The van der Waals surface area contributed by atoms with E-state index in [-0.39, 0.29) is 35.6 Å². The maximum atomic E-state index is 3.30. The van der Waals surface area contributed by atoms with Crippen LogP contribution in [0.25, 0.3) is 11.1 Å². The molecule has 288 valence electrons. The fraction of sp³-hybridized carbons (Fsp3) is 0.423. The summed E-state index contributed by atoms with van der Waals surface area (Å²) in [4.78, 5) is 0. The van der Waals surface area contributed by atoms with Crippen LogP contribution in [0.2, 0.25) is 0 Å². The Balaban J connectivity index is 0.000000159. The zero-order valence-corrected chi connectivity index (χ0v) is 38.4. The average molecular weight is 847 g/mol. The minimum Gasteiger partial charge on any atom is -1.00 e. The van der Waals surface area contributed by atoms with Gasteiger partial charge in [0.2, 0.25) is 0 Å². The van der Waals surface area contributed by atoms with E-state index in [0.29, 0.717) is 5.41 Å². The molecular formula is C52H60Cl2Zr-2. The third kappa shape index (κ3) is 10.2. The Morgan fingerprint density at radius 3 is 1.65 bits per heavy atom. The molecule has 0 spiro atoms. The van der Waals surface area contributed by atoms with Gasteiger partial charge in [0.05, 0.1) is 0 Å². The molecule has 0 aromatic heterocycles. The van der Waals surface area contributed by atoms with E-state index < -0.39 is 0 Å². The average Bonchev–Trinajstić information content (AvgIpc) is 3.64. The Morgan fingerprint density at radius 1 is 0.691 bits per heavy atom. The van der Waals surface area contributed by atoms with Crippen LogP contribution in [-0.2, 0) is 47.9 Å². The predicted molar refractivity (Wildman–Crippen MR) is 223 cm³/mol. The number of fused-ring (bicyclic) bond motifs is 3. The minimum atomic E-state index is 0. The number of hydrogen-bond donors (Lipinski definition) is 0. The van der Waals surface area contributed by atoms with Gasteiger partial charge in [0, 0.05) is 0 Å². The molecule has 55 heavy (non-hydrogen) atoms. The van der Waals surface area contributed by atoms with Gasteiger partial charge in [-0.25, -0.2) is 6.07 Å². The summed E-state index contributed by atoms with van der Waals surface area (Å²) >= 11 is 1.46. The van der Waals surface area contributed by atoms with Gasteiger partial charge in [-0.1, -0.05) is 55.7 Å². The van der Waals surface area contributed by atoms with Gasteiger partial charge in [0.25, 0.3) is 0 Å². The Hall–Kier alpha value is -2.44. The van der Waals surface area contributed by atoms with Gasteiger partial charge in [0.15, 0.2) is 0 Å². The normalized spacial score (nSPS) is 21.5. The third-order valence-electron chi connectivity index (χ3n) is 12.8. The number of benzene rings is 4. The molecule has 0 atom stereocenters. The van der Waals surface area contributed by atoms with Crippen LogP contribution >= 0.6 is 0 Å². The molecule has 4 fully saturated rings. The fourth-order valence-corrected chi connectivity index (χ4v) is 11.2. The molecule has 4 bridgehead atoms. The first-order chi connectivity index (χ1) is 25.2. The van der Waals surface area contributed by atoms with Crippen LogP contribution in [0.4, 0.5) is 0 Å². The second kappa shape index (κ2) is 17.6. The van der Waals surface area contributed by atoms with Gasteiger partial charge >= 0.3 is 151 Å². The molecule has 0 nitrogen and oxygen atoms in total. The van der Waals surface area contributed by atoms with Crippen LogP contribution in [0, 0.1) is 43.1 Å². The van der Waals surface area contributed by atoms with E-state index in [9.17, 15) is 0 Å². The molecular weight excluding hydrogens is 787 g/mol. The smallest absolute Gasteiger partial charge is 0.0253 e. The zero-order chi connectivity index (χ0) is 37.5. The molecule has 10 rings (SSSR count). The second-order valence-electron chi connectivity index (χ2n) is 19.3. The largest absolute Gasteiger partial charge is 1.00 e. The summed E-state index contributed by atoms with van der Waals surface area (Å²) in [6.07, 6.45) is 11.8. The first-order valence-corrected chi connectivity index (χ1v) is 21.5. The van der Waals surface area contributed by atoms with Crippen molar-refractivity contribution in [1.29, 1.82) is 0 Å². The summed E-state index contributed by atoms with van der Waals surface area (Å²) in [5.41, 5.74) is 16.8. The van der Waals surface area contributed by atoms with Crippen molar-refractivity contribution in [3.05, 3.63) is 159 Å². The molecule has 0 aliphatic heterocycles. The van der Waals surface area contributed by atoms with Gasteiger partial charge < -0.3 is 24.8 Å². The van der Waals surface area contributed by atoms with Gasteiger partial charge in [-0.2, -0.15) is 52.6 Å². The van der Waals surface area contributed by atoms with E-state index >= 15 is 0 Å². The van der Waals surface area contributed by atoms with Crippen LogP contribution in [-0.4, -0.2) is 3.21 Å². The Bertz CT molecular complexity index is 1910. The Labute approximate surface area is 360 Å². The molecule has 3 heteroatoms. The van der Waals surface area contributed by atoms with E-state index in [2.05, 4.69) is 159 Å². The standard InChI is InChI=1S/C21H26.C18H25.C13H9.2ClH.Zr/c1-20(2,3)18-11-7-16(8-12-18)15-17-9-13-19(14-10-17)21(4,5)6;1-12-3-13(2)17(4-12)11-18-8-14-5-15(9-18)7-16(6-14)10-18;1-3-7-12-10(5-1)9-11-6-2-4-8-13(11)12;;;/h7-14H,1-6H3;3-4,14-16H,5-11H2,1-2H3;1-5,7-8H,9H2;2*1H;/q;2*-1;;;+2/p-2. The molecule has 0 radical (unpaired) electrons. The van der Waals surface area contributed by atoms with Crippen molar-refractivity contribution >= 4 is 3.21 Å². The van der Waals surface area contributed by atoms with Crippen molar-refractivity contribution in [2.24, 2.45) is 23.2 Å². The Morgan fingerprint density at radius 2 is 1.18 bits per heavy atom. The van der Waals surface area contributed by atoms with Gasteiger partial charge in [-0.15, -0.1) is 5.56 Å². The predicted octanol–water partition coefficient (Wildman–Crippen LogP) is 7.24. The summed E-state index contributed by atoms with van der Waals surface area (Å²) in [6, 6.07) is 41.1. The number of aryl methyl sites for hydroxylation is 2. The summed E-state index contributed by atoms with van der Waals surface area (Å²) in [7, 11) is 0. The molecule has 5 aliphatic carbocycles. The van der Waals surface area contributed by atoms with Crippen LogP contribution in [0.5, 0.6) is 0 Å². The van der Waals surface area contributed by atoms with E-state index in [1.807, 2.05) is 6.07 Å². The van der Waals surface area contributed by atoms with Gasteiger partial charge in [0.1, 0.15) is 0 Å². The fourth-order valence-electron chi connectivity index (χ4n) is 10.4. The van der Waals surface area contributed by atoms with Crippen LogP contribution < -0.4 is 24.8 Å². The van der Waals surface area contributed by atoms with E-state index in [1.54, 1.807) is 49.7 Å². The molecule has 0 unspecified atom stereocenters. The van der Waals surface area contributed by atoms with Gasteiger partial charge in [-0.05, 0) is 68.1 Å². The van der Waals surface area contributed by atoms with Crippen molar-refractivity contribution in [1.82, 2.24) is 0 Å². The Kier molecular flexibility index (Phi) is 14.0. The van der Waals surface area contributed by atoms with E-state index in [4.69, 9.17) is 0 Å². The monoisotopic (exact) mass is 844 g/mol. The SMILES string of the molecule is CC(C)(C)c1ccc([C](=[Zr+2])c2ccc(C(C)(C)C)cc2)cc1.Cc1cc(CC23CC4CC(CC(C4)C2)C3)c(C)[cH-]1.[Cl-].[Cl-].[c-]1cccc2c1Cc1ccccc1-2. The molecule has 0 amide bonds. The quantitative estimate of drug-likeness (QED) is 0.164. The minimum absolute atomic E-state index is 0. The molecule has 5 aromatic carbocycles. The first-order valence-electron chi connectivity index (χ1n) is 20.3. The zero-order valence-electron chi connectivity index (χ0n) is 34.5. The molecule has 5 aliphatic rings. The van der Waals surface area contributed by atoms with Crippen molar-refractivity contribution in [2.45, 2.75) is 118 Å². The summed E-state index contributed by atoms with van der Waals surface area (Å²) in [5, 5.41) is 0. The van der Waals surface area contributed by atoms with Crippen molar-refractivity contribution < 1.29 is 49.0 Å². The third-order valence-corrected chi connectivity index (χ3v) is 14.2. The number of halogens is 2. The van der Waals surface area contributed by atoms with E-state index in [0.717, 1.165) is 24.2 Å². The maximum absolute atomic E-state index is 3.30. The van der Waals surface area contributed by atoms with E-state index in [1.165, 1.54) is 83.9 Å². The topological polar surface area (TPSA) is 0 Å². The van der Waals surface area contributed by atoms with Crippen LogP contribution in [0.15, 0.2) is 103 Å².